The van der Waals surface area contributed by atoms with Crippen LogP contribution in [0.1, 0.15) is 64.6 Å². The van der Waals surface area contributed by atoms with Crippen molar-refractivity contribution in [1.82, 2.24) is 97.9 Å². The van der Waals surface area contributed by atoms with Gasteiger partial charge in [-0.2, -0.15) is 24.9 Å². The zero-order valence-corrected chi connectivity index (χ0v) is 71.6. The van der Waals surface area contributed by atoms with Gasteiger partial charge in [0.2, 0.25) is 0 Å². The number of rotatable bonds is 11. The Hall–Kier alpha value is -10.3. The SMILES string of the molecule is CCN(CC)c1ncn(-c2nccc3ccccc23)c1[O-].Cc1cc([O-])n(-c2ccccn2)n1.Cc1cc([O-])n(-n2nc(C)cc2C)c1.Cc1cc([O-])n(-n2nc(C)cc2C)c1.Cc1cccc(-c2nc([O-])n(-c3ccccn3)n2)c1.Cc1cccc(-c2nc([O-])n(-c3ccccn3)n2)c1.[Be+2].[Be+2].[Ga+3].[Ga+3].[Zn+2].[Zn+2]. The van der Waals surface area contributed by atoms with Crippen LogP contribution in [0.25, 0.3) is 56.8 Å². The van der Waals surface area contributed by atoms with Crippen molar-refractivity contribution in [2.24, 2.45) is 0 Å². The van der Waals surface area contributed by atoms with Gasteiger partial charge in [0.25, 0.3) is 0 Å². The average Bonchev–Trinajstić information content (AvgIpc) is 1.46. The van der Waals surface area contributed by atoms with Gasteiger partial charge in [-0.3, -0.25) is 13.9 Å². The van der Waals surface area contributed by atoms with Crippen molar-refractivity contribution in [3.8, 4) is 81.6 Å². The van der Waals surface area contributed by atoms with Crippen LogP contribution in [-0.2, 0) is 39.0 Å². The molecule has 510 valence electrons. The maximum Gasteiger partial charge on any atom is 3.00 e. The smallest absolute Gasteiger partial charge is 0.859 e. The molecule has 0 unspecified atom stereocenters. The van der Waals surface area contributed by atoms with Crippen LogP contribution in [0.3, 0.4) is 0 Å². The summed E-state index contributed by atoms with van der Waals surface area (Å²) >= 11 is 0. The van der Waals surface area contributed by atoms with Gasteiger partial charge < -0.3 is 35.5 Å². The van der Waals surface area contributed by atoms with Crippen LogP contribution in [0.4, 0.5) is 5.82 Å². The standard InChI is InChI=1S/C16H18N4O.2C14H12N4O.2C10H13N3O.C9H9N3O.2Be.2Ga.2Zn/c1-3-19(4-2)15-16(21)20(11-18-15)14-13-8-6-5-7-12(13)9-10-17-14;2*1-10-5-4-6-11(9-10)13-16-14(19)18(17-13)12-7-2-3-8-15-12;2*1-7-4-10(14)12(6-7)13-9(3)5-8(2)11-13;1-7-6-9(13)12(11-7)8-4-2-3-5-10-8;;;;;;/h5-11,21H,3-4H2,1-2H3;2*2-9H,1H3,(H,16,17,19);2*4-6,14H,1-3H3;2-6,13H,1H3;;;;;;/q;;;;;;2*+2;2*+3;2*+2/p-6. The molecule has 15 aromatic rings. The topological polar surface area (TPSA) is 336 Å². The van der Waals surface area contributed by atoms with Crippen molar-refractivity contribution in [3.05, 3.63) is 258 Å². The van der Waals surface area contributed by atoms with E-state index in [1.165, 1.54) is 34.0 Å². The van der Waals surface area contributed by atoms with E-state index >= 15 is 0 Å². The Kier molecular flexibility index (Phi) is 33.9. The van der Waals surface area contributed by atoms with Crippen molar-refractivity contribution in [2.75, 3.05) is 18.0 Å². The van der Waals surface area contributed by atoms with E-state index in [0.717, 1.165) is 80.0 Å². The molecule has 0 bridgehead atoms. The average molecular weight is 1630 g/mol. The fourth-order valence-corrected chi connectivity index (χ4v) is 10.4. The molecule has 106 heavy (non-hydrogen) atoms. The first-order chi connectivity index (χ1) is 48.2. The van der Waals surface area contributed by atoms with Crippen LogP contribution in [-0.4, -0.2) is 171 Å². The van der Waals surface area contributed by atoms with Crippen LogP contribution in [0.5, 0.6) is 35.5 Å². The van der Waals surface area contributed by atoms with Gasteiger partial charge >= 0.3 is 98.8 Å². The molecule has 0 spiro atoms. The number of hydrogen-bond donors (Lipinski definition) is 0. The largest absolute Gasteiger partial charge is 3.00 e. The maximum absolute atomic E-state index is 12.6. The summed E-state index contributed by atoms with van der Waals surface area (Å²) in [6, 6.07) is 48.9. The molecule has 0 N–H and O–H groups in total. The molecule has 0 aliphatic heterocycles. The van der Waals surface area contributed by atoms with Crippen LogP contribution in [0, 0.1) is 62.3 Å². The van der Waals surface area contributed by atoms with E-state index in [2.05, 4.69) is 60.4 Å². The molecular weight excluding hydrogens is 1560 g/mol. The zero-order valence-electron chi connectivity index (χ0n) is 60.9. The second-order valence-electron chi connectivity index (χ2n) is 22.9. The number of nitrogens with zero attached hydrogens (tertiary/aromatic N) is 21. The Morgan fingerprint density at radius 2 is 0.830 bits per heavy atom. The molecule has 3 aromatic carbocycles. The van der Waals surface area contributed by atoms with Crippen LogP contribution < -0.4 is 35.5 Å². The minimum Gasteiger partial charge on any atom is -0.859 e. The number of hydrogen-bond acceptors (Lipinski definition) is 19. The molecule has 12 heterocycles. The third kappa shape index (κ3) is 21.9. The van der Waals surface area contributed by atoms with Crippen molar-refractivity contribution < 1.29 is 69.6 Å². The van der Waals surface area contributed by atoms with Gasteiger partial charge in [-0.15, -0.1) is 10.2 Å². The van der Waals surface area contributed by atoms with Gasteiger partial charge in [-0.05, 0) is 195 Å². The monoisotopic (exact) mass is 1620 g/mol. The Morgan fingerprint density at radius 1 is 0.396 bits per heavy atom. The fourth-order valence-electron chi connectivity index (χ4n) is 10.4. The summed E-state index contributed by atoms with van der Waals surface area (Å²) in [5.41, 5.74) is 10.2. The molecule has 27 nitrogen and oxygen atoms in total. The molecule has 0 fully saturated rings. The quantitative estimate of drug-likeness (QED) is 0.119. The number of fused-ring (bicyclic) bond motifs is 1. The molecule has 12 aromatic heterocycles. The van der Waals surface area contributed by atoms with E-state index in [0.29, 0.717) is 46.4 Å². The second kappa shape index (κ2) is 40.8. The molecule has 0 saturated carbocycles. The number of anilines is 1. The van der Waals surface area contributed by atoms with E-state index in [1.807, 2.05) is 171 Å². The first kappa shape index (κ1) is 88.1. The van der Waals surface area contributed by atoms with Gasteiger partial charge in [0.15, 0.2) is 29.1 Å². The van der Waals surface area contributed by atoms with E-state index < -0.39 is 12.0 Å². The third-order valence-corrected chi connectivity index (χ3v) is 14.9. The Balaban J connectivity index is 0.000000268. The third-order valence-electron chi connectivity index (χ3n) is 14.9. The summed E-state index contributed by atoms with van der Waals surface area (Å²) in [6.45, 7) is 22.7. The maximum atomic E-state index is 12.6. The van der Waals surface area contributed by atoms with Crippen LogP contribution in [0.2, 0.25) is 0 Å². The number of aromatic nitrogens is 20. The normalized spacial score (nSPS) is 10.1. The molecule has 15 rings (SSSR count). The molecule has 0 aliphatic rings. The minimum atomic E-state index is -0.421. The molecule has 0 radical (unpaired) electrons. The number of aryl methyl sites for hydroxylation is 9. The van der Waals surface area contributed by atoms with Gasteiger partial charge in [-0.25, -0.2) is 48.9 Å². The number of benzene rings is 3. The van der Waals surface area contributed by atoms with Gasteiger partial charge in [0.1, 0.15) is 18.0 Å². The Labute approximate surface area is 672 Å². The van der Waals surface area contributed by atoms with Gasteiger partial charge in [0.05, 0.1) is 40.5 Å². The van der Waals surface area contributed by atoms with Crippen molar-refractivity contribution in [2.45, 2.75) is 76.2 Å². The molecular formula is C73H71Be2Ga2N21O6Zn2+8. The number of pyridine rings is 4. The molecule has 0 saturated heterocycles. The summed E-state index contributed by atoms with van der Waals surface area (Å²) in [7, 11) is 0. The fraction of sp³-hybridized carbons (Fsp3) is 0.178. The molecule has 0 amide bonds. The first-order valence-electron chi connectivity index (χ1n) is 31.7. The van der Waals surface area contributed by atoms with E-state index in [1.54, 1.807) is 121 Å². The minimum absolute atomic E-state index is 0. The van der Waals surface area contributed by atoms with Gasteiger partial charge in [0, 0.05) is 72.7 Å². The number of imidazole rings is 1. The Bertz CT molecular complexity index is 4890. The predicted molar refractivity (Wildman–Crippen MR) is 390 cm³/mol. The first-order valence-corrected chi connectivity index (χ1v) is 31.7. The van der Waals surface area contributed by atoms with E-state index in [-0.39, 0.29) is 122 Å². The molecule has 0 atom stereocenters. The molecule has 33 heteroatoms. The van der Waals surface area contributed by atoms with Crippen LogP contribution >= 0.6 is 0 Å². The van der Waals surface area contributed by atoms with E-state index in [9.17, 15) is 30.6 Å². The van der Waals surface area contributed by atoms with Crippen LogP contribution in [0.15, 0.2) is 207 Å². The summed E-state index contributed by atoms with van der Waals surface area (Å²) in [4.78, 5) is 33.9. The van der Waals surface area contributed by atoms with Crippen molar-refractivity contribution in [3.63, 3.8) is 0 Å². The van der Waals surface area contributed by atoms with Crippen molar-refractivity contribution >= 4 is 76.4 Å². The zero-order chi connectivity index (χ0) is 71.1. The summed E-state index contributed by atoms with van der Waals surface area (Å²) in [6.07, 6.45) is 11.7. The predicted octanol–water partition coefficient (Wildman–Crippen LogP) is 6.87. The Morgan fingerprint density at radius 3 is 1.21 bits per heavy atom. The van der Waals surface area contributed by atoms with Crippen molar-refractivity contribution in [1.29, 1.82) is 0 Å². The molecule has 0 aliphatic carbocycles. The second-order valence-corrected chi connectivity index (χ2v) is 22.9. The summed E-state index contributed by atoms with van der Waals surface area (Å²) < 4.78 is 8.25. The summed E-state index contributed by atoms with van der Waals surface area (Å²) in [5.74, 6) is 3.08. The van der Waals surface area contributed by atoms with E-state index in [4.69, 9.17) is 0 Å². The summed E-state index contributed by atoms with van der Waals surface area (Å²) in [5, 5.41) is 93.5. The van der Waals surface area contributed by atoms with Gasteiger partial charge in [-0.1, -0.05) is 90.0 Å².